The molecule has 4 rings (SSSR count). The van der Waals surface area contributed by atoms with Crippen molar-refractivity contribution in [1.82, 2.24) is 15.3 Å². The molecule has 0 radical (unpaired) electrons. The number of benzene rings is 1. The van der Waals surface area contributed by atoms with Crippen molar-refractivity contribution in [3.05, 3.63) is 42.2 Å². The van der Waals surface area contributed by atoms with Gasteiger partial charge in [-0.2, -0.15) is 0 Å². The Morgan fingerprint density at radius 1 is 1.26 bits per heavy atom. The minimum absolute atomic E-state index is 0.0706. The van der Waals surface area contributed by atoms with Crippen LogP contribution >= 0.6 is 11.3 Å². The van der Waals surface area contributed by atoms with Crippen LogP contribution in [0.25, 0.3) is 10.2 Å². The molecule has 0 bridgehead atoms. The Kier molecular flexibility index (Phi) is 4.91. The molecule has 1 aliphatic carbocycles. The molecule has 3 N–H and O–H groups in total. The second-order valence-electron chi connectivity index (χ2n) is 6.46. The predicted octanol–water partition coefficient (Wildman–Crippen LogP) is 3.17. The number of fused-ring (bicyclic) bond motifs is 1. The van der Waals surface area contributed by atoms with Gasteiger partial charge in [0.15, 0.2) is 5.13 Å². The van der Waals surface area contributed by atoms with Gasteiger partial charge in [0.25, 0.3) is 5.91 Å². The molecule has 0 unspecified atom stereocenters. The number of aliphatic hydroxyl groups is 1. The summed E-state index contributed by atoms with van der Waals surface area (Å²) in [4.78, 5) is 20.3. The number of pyridine rings is 1. The molecule has 1 aliphatic rings. The topological polar surface area (TPSA) is 96.4 Å². The summed E-state index contributed by atoms with van der Waals surface area (Å²) < 4.78 is 6.87. The van der Waals surface area contributed by atoms with Crippen LogP contribution in [0, 0.1) is 0 Å². The molecule has 1 saturated carbocycles. The lowest BCUT2D eigenvalue weighted by molar-refractivity contribution is 0.0958. The van der Waals surface area contributed by atoms with E-state index in [1.165, 1.54) is 11.3 Å². The van der Waals surface area contributed by atoms with Gasteiger partial charge >= 0.3 is 0 Å². The Labute approximate surface area is 160 Å². The highest BCUT2D eigenvalue weighted by molar-refractivity contribution is 7.22. The van der Waals surface area contributed by atoms with Crippen molar-refractivity contribution in [2.45, 2.75) is 31.4 Å². The molecule has 0 saturated heterocycles. The Balaban J connectivity index is 1.52. The third-order valence-corrected chi connectivity index (χ3v) is 5.52. The summed E-state index contributed by atoms with van der Waals surface area (Å²) >= 11 is 1.53. The largest absolute Gasteiger partial charge is 0.457 e. The van der Waals surface area contributed by atoms with E-state index in [2.05, 4.69) is 20.6 Å². The van der Waals surface area contributed by atoms with Crippen LogP contribution in [0.1, 0.15) is 29.8 Å². The highest BCUT2D eigenvalue weighted by Crippen LogP contribution is 2.33. The summed E-state index contributed by atoms with van der Waals surface area (Å²) in [5, 5.41) is 16.7. The third kappa shape index (κ3) is 3.86. The second kappa shape index (κ2) is 7.50. The van der Waals surface area contributed by atoms with E-state index >= 15 is 0 Å². The van der Waals surface area contributed by atoms with E-state index in [0.29, 0.717) is 17.2 Å². The first kappa shape index (κ1) is 17.7. The summed E-state index contributed by atoms with van der Waals surface area (Å²) in [6.45, 7) is 0. The average molecular weight is 384 g/mol. The lowest BCUT2D eigenvalue weighted by atomic mass is 10.2. The molecular formula is C19H20N4O3S. The van der Waals surface area contributed by atoms with Gasteiger partial charge in [-0.1, -0.05) is 11.3 Å². The summed E-state index contributed by atoms with van der Waals surface area (Å²) in [7, 11) is 1.56. The number of nitrogens with zero attached hydrogens (tertiary/aromatic N) is 2. The normalized spacial score (nSPS) is 19.2. The van der Waals surface area contributed by atoms with E-state index < -0.39 is 0 Å². The van der Waals surface area contributed by atoms with Gasteiger partial charge in [0.05, 0.1) is 22.4 Å². The van der Waals surface area contributed by atoms with Crippen LogP contribution in [0.4, 0.5) is 5.13 Å². The molecule has 2 atom stereocenters. The summed E-state index contributed by atoms with van der Waals surface area (Å²) in [6.07, 6.45) is 4.06. The number of rotatable bonds is 5. The van der Waals surface area contributed by atoms with Crippen molar-refractivity contribution in [3.63, 3.8) is 0 Å². The molecule has 1 amide bonds. The molecule has 0 spiro atoms. The zero-order valence-electron chi connectivity index (χ0n) is 14.8. The van der Waals surface area contributed by atoms with E-state index in [-0.39, 0.29) is 18.1 Å². The number of carbonyl (C=O) groups is 1. The van der Waals surface area contributed by atoms with E-state index in [9.17, 15) is 9.90 Å². The number of hydrogen-bond donors (Lipinski definition) is 3. The van der Waals surface area contributed by atoms with E-state index in [1.807, 2.05) is 18.2 Å². The Morgan fingerprint density at radius 2 is 2.11 bits per heavy atom. The molecule has 1 fully saturated rings. The molecule has 7 nitrogen and oxygen atoms in total. The van der Waals surface area contributed by atoms with Crippen molar-refractivity contribution < 1.29 is 14.6 Å². The second-order valence-corrected chi connectivity index (χ2v) is 7.49. The van der Waals surface area contributed by atoms with Crippen molar-refractivity contribution in [1.29, 1.82) is 0 Å². The van der Waals surface area contributed by atoms with Crippen LogP contribution in [-0.4, -0.2) is 40.2 Å². The fourth-order valence-corrected chi connectivity index (χ4v) is 4.12. The number of carbonyl (C=O) groups excluding carboxylic acids is 1. The van der Waals surface area contributed by atoms with Gasteiger partial charge in [0.1, 0.15) is 17.2 Å². The van der Waals surface area contributed by atoms with Gasteiger partial charge in [-0.25, -0.2) is 4.98 Å². The first-order valence-corrected chi connectivity index (χ1v) is 9.65. The molecule has 3 aromatic rings. The number of amides is 1. The highest BCUT2D eigenvalue weighted by Gasteiger charge is 2.25. The van der Waals surface area contributed by atoms with E-state index in [1.54, 1.807) is 25.4 Å². The number of ether oxygens (including phenoxy) is 1. The van der Waals surface area contributed by atoms with Crippen LogP contribution in [0.2, 0.25) is 0 Å². The average Bonchev–Trinajstić information content (AvgIpc) is 3.26. The van der Waals surface area contributed by atoms with E-state index in [0.717, 1.165) is 34.6 Å². The molecule has 27 heavy (non-hydrogen) atoms. The molecule has 0 aliphatic heterocycles. The number of thiazole rings is 1. The first-order valence-electron chi connectivity index (χ1n) is 8.83. The lowest BCUT2D eigenvalue weighted by Crippen LogP contribution is -2.27. The van der Waals surface area contributed by atoms with Crippen LogP contribution < -0.4 is 15.4 Å². The smallest absolute Gasteiger partial charge is 0.269 e. The van der Waals surface area contributed by atoms with Gasteiger partial charge < -0.3 is 20.5 Å². The number of aromatic nitrogens is 2. The maximum atomic E-state index is 11.7. The van der Waals surface area contributed by atoms with Crippen molar-refractivity contribution >= 4 is 32.6 Å². The van der Waals surface area contributed by atoms with Crippen molar-refractivity contribution in [3.8, 4) is 11.5 Å². The third-order valence-electron chi connectivity index (χ3n) is 4.58. The van der Waals surface area contributed by atoms with E-state index in [4.69, 9.17) is 4.74 Å². The molecular weight excluding hydrogens is 364 g/mol. The Hall–Kier alpha value is -2.71. The van der Waals surface area contributed by atoms with Gasteiger partial charge in [-0.05, 0) is 37.5 Å². The van der Waals surface area contributed by atoms with Crippen molar-refractivity contribution in [2.24, 2.45) is 0 Å². The zero-order chi connectivity index (χ0) is 18.8. The predicted molar refractivity (Wildman–Crippen MR) is 105 cm³/mol. The SMILES string of the molecule is CNC(=O)c1cc(Oc2ccc3nc(N[C@H]4CCC[C@H]4O)sc3c2)ccn1. The summed E-state index contributed by atoms with van der Waals surface area (Å²) in [6, 6.07) is 9.04. The Morgan fingerprint density at radius 3 is 2.89 bits per heavy atom. The molecule has 140 valence electrons. The van der Waals surface area contributed by atoms with Gasteiger partial charge in [-0.15, -0.1) is 0 Å². The Bertz CT molecular complexity index is 974. The minimum Gasteiger partial charge on any atom is -0.457 e. The van der Waals surface area contributed by atoms with Gasteiger partial charge in [-0.3, -0.25) is 9.78 Å². The molecule has 8 heteroatoms. The lowest BCUT2D eigenvalue weighted by Gasteiger charge is -2.14. The zero-order valence-corrected chi connectivity index (χ0v) is 15.6. The van der Waals surface area contributed by atoms with Crippen molar-refractivity contribution in [2.75, 3.05) is 12.4 Å². The number of anilines is 1. The first-order chi connectivity index (χ1) is 13.1. The summed E-state index contributed by atoms with van der Waals surface area (Å²) in [5.41, 5.74) is 1.18. The standard InChI is InChI=1S/C19H20N4O3S/c1-20-18(25)15-9-12(7-8-21-15)26-11-5-6-14-17(10-11)27-19(23-14)22-13-3-2-4-16(13)24/h5-10,13,16,24H,2-4H2,1H3,(H,20,25)(H,22,23)/t13-,16+/m0/s1. The minimum atomic E-state index is -0.308. The van der Waals surface area contributed by atoms with Crippen LogP contribution in [-0.2, 0) is 0 Å². The van der Waals surface area contributed by atoms with Crippen LogP contribution in [0.15, 0.2) is 36.5 Å². The quantitative estimate of drug-likeness (QED) is 0.625. The molecule has 1 aromatic carbocycles. The maximum Gasteiger partial charge on any atom is 0.269 e. The number of nitrogens with one attached hydrogen (secondary N) is 2. The fourth-order valence-electron chi connectivity index (χ4n) is 3.16. The fraction of sp³-hybridized carbons (Fsp3) is 0.316. The molecule has 2 aromatic heterocycles. The number of hydrogen-bond acceptors (Lipinski definition) is 7. The maximum absolute atomic E-state index is 11.7. The monoisotopic (exact) mass is 384 g/mol. The van der Waals surface area contributed by atoms with Gasteiger partial charge in [0, 0.05) is 25.4 Å². The number of aliphatic hydroxyl groups excluding tert-OH is 1. The van der Waals surface area contributed by atoms with Crippen LogP contribution in [0.5, 0.6) is 11.5 Å². The van der Waals surface area contributed by atoms with Gasteiger partial charge in [0.2, 0.25) is 0 Å². The van der Waals surface area contributed by atoms with Crippen LogP contribution in [0.3, 0.4) is 0 Å². The highest BCUT2D eigenvalue weighted by atomic mass is 32.1. The molecule has 2 heterocycles. The summed E-state index contributed by atoms with van der Waals surface area (Å²) in [5.74, 6) is 0.940.